The topological polar surface area (TPSA) is 49.6 Å². The molecule has 0 bridgehead atoms. The zero-order valence-electron chi connectivity index (χ0n) is 6.94. The molecular formula is C9H4BrN3S. The van der Waals surface area contributed by atoms with Crippen LogP contribution in [-0.2, 0) is 0 Å². The Morgan fingerprint density at radius 1 is 1.43 bits per heavy atom. The second-order valence-electron chi connectivity index (χ2n) is 2.47. The molecule has 0 aliphatic heterocycles. The number of nitrogens with zero attached hydrogens (tertiary/aromatic N) is 3. The SMILES string of the molecule is N#Cc1nc(-c2ccccn2)sc1Br. The second-order valence-corrected chi connectivity index (χ2v) is 4.79. The molecule has 0 spiro atoms. The van der Waals surface area contributed by atoms with Gasteiger partial charge >= 0.3 is 0 Å². The molecule has 0 N–H and O–H groups in total. The number of hydrogen-bond donors (Lipinski definition) is 0. The highest BCUT2D eigenvalue weighted by Gasteiger charge is 2.09. The van der Waals surface area contributed by atoms with Crippen LogP contribution >= 0.6 is 27.3 Å². The van der Waals surface area contributed by atoms with E-state index in [1.54, 1.807) is 6.20 Å². The Morgan fingerprint density at radius 3 is 2.86 bits per heavy atom. The van der Waals surface area contributed by atoms with Gasteiger partial charge in [0.15, 0.2) is 5.69 Å². The predicted octanol–water partition coefficient (Wildman–Crippen LogP) is 2.84. The Labute approximate surface area is 93.2 Å². The summed E-state index contributed by atoms with van der Waals surface area (Å²) >= 11 is 4.69. The number of hydrogen-bond acceptors (Lipinski definition) is 4. The van der Waals surface area contributed by atoms with Crippen molar-refractivity contribution in [2.75, 3.05) is 0 Å². The van der Waals surface area contributed by atoms with E-state index in [0.717, 1.165) is 14.5 Å². The van der Waals surface area contributed by atoms with Crippen LogP contribution in [0.5, 0.6) is 0 Å². The van der Waals surface area contributed by atoms with Crippen molar-refractivity contribution in [2.24, 2.45) is 0 Å². The minimum atomic E-state index is 0.413. The van der Waals surface area contributed by atoms with Crippen LogP contribution in [0.25, 0.3) is 10.7 Å². The van der Waals surface area contributed by atoms with Gasteiger partial charge in [-0.05, 0) is 28.1 Å². The minimum absolute atomic E-state index is 0.413. The third-order valence-electron chi connectivity index (χ3n) is 1.58. The number of rotatable bonds is 1. The smallest absolute Gasteiger partial charge is 0.166 e. The van der Waals surface area contributed by atoms with Crippen molar-refractivity contribution in [2.45, 2.75) is 0 Å². The molecule has 14 heavy (non-hydrogen) atoms. The quantitative estimate of drug-likeness (QED) is 0.797. The van der Waals surface area contributed by atoms with Gasteiger partial charge in [0.05, 0.1) is 5.69 Å². The fourth-order valence-corrected chi connectivity index (χ4v) is 2.33. The van der Waals surface area contributed by atoms with Gasteiger partial charge in [0.2, 0.25) is 0 Å². The second kappa shape index (κ2) is 3.86. The van der Waals surface area contributed by atoms with Crippen LogP contribution in [0.1, 0.15) is 5.69 Å². The molecule has 2 aromatic rings. The van der Waals surface area contributed by atoms with Gasteiger partial charge in [-0.2, -0.15) is 5.26 Å². The van der Waals surface area contributed by atoms with E-state index in [9.17, 15) is 0 Å². The fourth-order valence-electron chi connectivity index (χ4n) is 0.969. The monoisotopic (exact) mass is 265 g/mol. The normalized spacial score (nSPS) is 9.71. The molecule has 2 rings (SSSR count). The number of pyridine rings is 1. The van der Waals surface area contributed by atoms with E-state index < -0.39 is 0 Å². The third-order valence-corrected chi connectivity index (χ3v) is 3.30. The number of nitriles is 1. The van der Waals surface area contributed by atoms with Crippen molar-refractivity contribution in [1.82, 2.24) is 9.97 Å². The zero-order chi connectivity index (χ0) is 9.97. The molecule has 0 saturated carbocycles. The van der Waals surface area contributed by atoms with Crippen LogP contribution in [0.15, 0.2) is 28.2 Å². The van der Waals surface area contributed by atoms with Crippen molar-refractivity contribution in [1.29, 1.82) is 5.26 Å². The van der Waals surface area contributed by atoms with E-state index in [2.05, 4.69) is 25.9 Å². The summed E-state index contributed by atoms with van der Waals surface area (Å²) in [6, 6.07) is 7.61. The number of aromatic nitrogens is 2. The molecular weight excluding hydrogens is 262 g/mol. The lowest BCUT2D eigenvalue weighted by Gasteiger charge is -1.91. The van der Waals surface area contributed by atoms with E-state index in [1.165, 1.54) is 11.3 Å². The Balaban J connectivity index is 2.50. The van der Waals surface area contributed by atoms with Crippen LogP contribution in [0.3, 0.4) is 0 Å². The van der Waals surface area contributed by atoms with Gasteiger partial charge in [-0.1, -0.05) is 6.07 Å². The first-order valence-corrected chi connectivity index (χ1v) is 5.40. The van der Waals surface area contributed by atoms with Gasteiger partial charge in [-0.25, -0.2) is 4.98 Å². The summed E-state index contributed by atoms with van der Waals surface area (Å²) in [6.45, 7) is 0. The molecule has 0 saturated heterocycles. The molecule has 3 nitrogen and oxygen atoms in total. The summed E-state index contributed by atoms with van der Waals surface area (Å²) < 4.78 is 0.751. The average molecular weight is 266 g/mol. The molecule has 0 aromatic carbocycles. The number of thiazole rings is 1. The predicted molar refractivity (Wildman–Crippen MR) is 57.8 cm³/mol. The van der Waals surface area contributed by atoms with Gasteiger partial charge in [-0.3, -0.25) is 4.98 Å². The van der Waals surface area contributed by atoms with Crippen LogP contribution in [0.4, 0.5) is 0 Å². The zero-order valence-corrected chi connectivity index (χ0v) is 9.34. The molecule has 0 fully saturated rings. The van der Waals surface area contributed by atoms with Gasteiger partial charge in [-0.15, -0.1) is 11.3 Å². The Bertz CT molecular complexity index is 487. The van der Waals surface area contributed by atoms with Crippen LogP contribution in [-0.4, -0.2) is 9.97 Å². The highest BCUT2D eigenvalue weighted by molar-refractivity contribution is 9.11. The maximum atomic E-state index is 8.72. The van der Waals surface area contributed by atoms with Crippen molar-refractivity contribution >= 4 is 27.3 Å². The molecule has 68 valence electrons. The molecule has 2 aromatic heterocycles. The summed E-state index contributed by atoms with van der Waals surface area (Å²) in [5.74, 6) is 0. The van der Waals surface area contributed by atoms with Crippen molar-refractivity contribution < 1.29 is 0 Å². The summed E-state index contributed by atoms with van der Waals surface area (Å²) in [5.41, 5.74) is 1.20. The van der Waals surface area contributed by atoms with E-state index in [1.807, 2.05) is 24.3 Å². The maximum Gasteiger partial charge on any atom is 0.166 e. The molecule has 0 aliphatic rings. The molecule has 2 heterocycles. The molecule has 0 unspecified atom stereocenters. The largest absolute Gasteiger partial charge is 0.254 e. The molecule has 0 aliphatic carbocycles. The van der Waals surface area contributed by atoms with E-state index in [0.29, 0.717) is 5.69 Å². The number of halogens is 1. The Hall–Kier alpha value is -1.25. The highest BCUT2D eigenvalue weighted by atomic mass is 79.9. The van der Waals surface area contributed by atoms with Gasteiger partial charge in [0.1, 0.15) is 14.9 Å². The third kappa shape index (κ3) is 1.67. The summed E-state index contributed by atoms with van der Waals surface area (Å²) in [5, 5.41) is 9.48. The first kappa shape index (κ1) is 9.31. The highest BCUT2D eigenvalue weighted by Crippen LogP contribution is 2.30. The first-order chi connectivity index (χ1) is 6.81. The van der Waals surface area contributed by atoms with Crippen LogP contribution < -0.4 is 0 Å². The first-order valence-electron chi connectivity index (χ1n) is 3.79. The fraction of sp³-hybridized carbons (Fsp3) is 0. The molecule has 0 amide bonds. The van der Waals surface area contributed by atoms with Crippen molar-refractivity contribution in [3.8, 4) is 16.8 Å². The van der Waals surface area contributed by atoms with E-state index in [-0.39, 0.29) is 0 Å². The van der Waals surface area contributed by atoms with E-state index in [4.69, 9.17) is 5.26 Å². The lowest BCUT2D eigenvalue weighted by molar-refractivity contribution is 1.27. The maximum absolute atomic E-state index is 8.72. The van der Waals surface area contributed by atoms with Crippen LogP contribution in [0.2, 0.25) is 0 Å². The summed E-state index contributed by atoms with van der Waals surface area (Å²) in [4.78, 5) is 8.30. The van der Waals surface area contributed by atoms with Gasteiger partial charge in [0, 0.05) is 6.20 Å². The lowest BCUT2D eigenvalue weighted by Crippen LogP contribution is -1.80. The molecule has 0 radical (unpaired) electrons. The van der Waals surface area contributed by atoms with E-state index >= 15 is 0 Å². The average Bonchev–Trinajstić information content (AvgIpc) is 2.61. The minimum Gasteiger partial charge on any atom is -0.254 e. The standard InChI is InChI=1S/C9H4BrN3S/c10-8-7(5-11)13-9(14-8)6-3-1-2-4-12-6/h1-4H. The van der Waals surface area contributed by atoms with Crippen molar-refractivity contribution in [3.05, 3.63) is 33.9 Å². The lowest BCUT2D eigenvalue weighted by atomic mass is 10.4. The van der Waals surface area contributed by atoms with Gasteiger partial charge in [0.25, 0.3) is 0 Å². The van der Waals surface area contributed by atoms with Crippen LogP contribution in [0, 0.1) is 11.3 Å². The molecule has 0 atom stereocenters. The summed E-state index contributed by atoms with van der Waals surface area (Å²) in [7, 11) is 0. The van der Waals surface area contributed by atoms with Crippen molar-refractivity contribution in [3.63, 3.8) is 0 Å². The molecule has 5 heteroatoms. The Kier molecular flexibility index (Phi) is 2.57. The summed E-state index contributed by atoms with van der Waals surface area (Å²) in [6.07, 6.45) is 1.71. The van der Waals surface area contributed by atoms with Gasteiger partial charge < -0.3 is 0 Å². The Morgan fingerprint density at radius 2 is 2.29 bits per heavy atom.